The first kappa shape index (κ1) is 16.3. The first-order valence-electron chi connectivity index (χ1n) is 6.87. The molecule has 0 radical (unpaired) electrons. The van der Waals surface area contributed by atoms with Crippen LogP contribution < -0.4 is 10.5 Å². The van der Waals surface area contributed by atoms with Crippen LogP contribution in [0, 0.1) is 0 Å². The van der Waals surface area contributed by atoms with E-state index >= 15 is 0 Å². The van der Waals surface area contributed by atoms with E-state index in [1.807, 2.05) is 0 Å². The predicted octanol–water partition coefficient (Wildman–Crippen LogP) is 0.953. The van der Waals surface area contributed by atoms with Crippen molar-refractivity contribution in [2.75, 3.05) is 13.2 Å². The van der Waals surface area contributed by atoms with Gasteiger partial charge in [-0.1, -0.05) is 25.1 Å². The summed E-state index contributed by atoms with van der Waals surface area (Å²) in [6.07, 6.45) is 6.20. The summed E-state index contributed by atoms with van der Waals surface area (Å²) in [7, 11) is -3.69. The predicted molar refractivity (Wildman–Crippen MR) is 83.5 cm³/mol. The quantitative estimate of drug-likeness (QED) is 0.571. The van der Waals surface area contributed by atoms with Gasteiger partial charge < -0.3 is 10.5 Å². The van der Waals surface area contributed by atoms with E-state index in [-0.39, 0.29) is 28.2 Å². The number of hydrogen-bond acceptors (Lipinski definition) is 5. The van der Waals surface area contributed by atoms with Gasteiger partial charge in [-0.25, -0.2) is 13.1 Å². The maximum Gasteiger partial charge on any atom is 0.242 e. The Bertz CT molecular complexity index is 598. The minimum absolute atomic E-state index is 0.00151. The van der Waals surface area contributed by atoms with Crippen molar-refractivity contribution in [3.63, 3.8) is 0 Å². The van der Waals surface area contributed by atoms with Crippen molar-refractivity contribution in [3.05, 3.63) is 24.0 Å². The van der Waals surface area contributed by atoms with E-state index in [0.29, 0.717) is 6.61 Å². The van der Waals surface area contributed by atoms with E-state index in [0.717, 1.165) is 12.8 Å². The number of nitrogens with two attached hydrogens (primary N) is 1. The summed E-state index contributed by atoms with van der Waals surface area (Å²) in [5.41, 5.74) is 5.61. The number of nitrogens with zero attached hydrogens (tertiary/aromatic N) is 1. The fraction of sp³-hybridized carbons (Fsp3) is 0.538. The first-order chi connectivity index (χ1) is 10.0. The molecule has 21 heavy (non-hydrogen) atoms. The molecule has 1 aliphatic rings. The van der Waals surface area contributed by atoms with Crippen molar-refractivity contribution >= 4 is 27.2 Å². The van der Waals surface area contributed by atoms with Gasteiger partial charge in [-0.2, -0.15) is 0 Å². The van der Waals surface area contributed by atoms with Crippen LogP contribution in [0.5, 0.6) is 0 Å². The molecular formula is C13H19N3O3S2. The van der Waals surface area contributed by atoms with Crippen LogP contribution in [-0.4, -0.2) is 37.6 Å². The molecule has 0 spiro atoms. The molecular weight excluding hydrogens is 310 g/mol. The van der Waals surface area contributed by atoms with Gasteiger partial charge in [0.25, 0.3) is 0 Å². The third kappa shape index (κ3) is 4.44. The van der Waals surface area contributed by atoms with Gasteiger partial charge in [0.15, 0.2) is 0 Å². The van der Waals surface area contributed by atoms with Crippen LogP contribution in [0.15, 0.2) is 23.2 Å². The molecule has 0 amide bonds. The standard InChI is InChI=1S/C13H19N3O3S2/c14-13(20)12-11(6-3-7-15-12)21(17,18)16-8-9-19-10-4-1-2-5-10/h3,6-7,10,16H,1-2,4-5,8-9H2,(H2,14,20). The highest BCUT2D eigenvalue weighted by atomic mass is 32.2. The molecule has 3 N–H and O–H groups in total. The summed E-state index contributed by atoms with van der Waals surface area (Å²) in [6.45, 7) is 0.567. The number of ether oxygens (including phenoxy) is 1. The van der Waals surface area contributed by atoms with Crippen LogP contribution in [0.3, 0.4) is 0 Å². The van der Waals surface area contributed by atoms with Gasteiger partial charge in [0.1, 0.15) is 15.6 Å². The van der Waals surface area contributed by atoms with E-state index in [1.54, 1.807) is 0 Å². The molecule has 8 heteroatoms. The molecule has 0 aromatic carbocycles. The lowest BCUT2D eigenvalue weighted by molar-refractivity contribution is 0.0626. The van der Waals surface area contributed by atoms with E-state index < -0.39 is 10.0 Å². The zero-order valence-electron chi connectivity index (χ0n) is 11.6. The molecule has 1 heterocycles. The summed E-state index contributed by atoms with van der Waals surface area (Å²) in [5.74, 6) is 0. The monoisotopic (exact) mass is 329 g/mol. The number of thiocarbonyl (C=S) groups is 1. The van der Waals surface area contributed by atoms with Gasteiger partial charge in [-0.15, -0.1) is 0 Å². The van der Waals surface area contributed by atoms with Crippen LogP contribution in [0.4, 0.5) is 0 Å². The Morgan fingerprint density at radius 2 is 2.19 bits per heavy atom. The summed E-state index contributed by atoms with van der Waals surface area (Å²) in [5, 5.41) is 0. The largest absolute Gasteiger partial charge is 0.388 e. The number of nitrogens with one attached hydrogen (secondary N) is 1. The van der Waals surface area contributed by atoms with E-state index in [1.165, 1.54) is 31.2 Å². The molecule has 0 bridgehead atoms. The van der Waals surface area contributed by atoms with Gasteiger partial charge in [0.2, 0.25) is 10.0 Å². The van der Waals surface area contributed by atoms with Crippen molar-refractivity contribution in [1.29, 1.82) is 0 Å². The maximum absolute atomic E-state index is 12.2. The summed E-state index contributed by atoms with van der Waals surface area (Å²) < 4.78 is 32.6. The summed E-state index contributed by atoms with van der Waals surface area (Å²) in [6, 6.07) is 2.97. The molecule has 0 atom stereocenters. The Hall–Kier alpha value is -1.09. The van der Waals surface area contributed by atoms with Crippen LogP contribution in [-0.2, 0) is 14.8 Å². The Morgan fingerprint density at radius 3 is 2.86 bits per heavy atom. The van der Waals surface area contributed by atoms with Crippen molar-refractivity contribution in [1.82, 2.24) is 9.71 Å². The van der Waals surface area contributed by atoms with Gasteiger partial charge in [-0.05, 0) is 25.0 Å². The van der Waals surface area contributed by atoms with E-state index in [4.69, 9.17) is 22.7 Å². The Balaban J connectivity index is 1.93. The van der Waals surface area contributed by atoms with Crippen LogP contribution in [0.2, 0.25) is 0 Å². The third-order valence-corrected chi connectivity index (χ3v) is 5.03. The van der Waals surface area contributed by atoms with Crippen molar-refractivity contribution in [2.24, 2.45) is 5.73 Å². The van der Waals surface area contributed by atoms with E-state index in [2.05, 4.69) is 9.71 Å². The lowest BCUT2D eigenvalue weighted by atomic mass is 10.3. The number of hydrogen-bond donors (Lipinski definition) is 2. The third-order valence-electron chi connectivity index (χ3n) is 3.34. The molecule has 1 aromatic rings. The minimum Gasteiger partial charge on any atom is -0.388 e. The Kier molecular flexibility index (Phi) is 5.63. The van der Waals surface area contributed by atoms with Crippen molar-refractivity contribution < 1.29 is 13.2 Å². The fourth-order valence-electron chi connectivity index (χ4n) is 2.33. The first-order valence-corrected chi connectivity index (χ1v) is 8.76. The van der Waals surface area contributed by atoms with Gasteiger partial charge in [0.05, 0.1) is 12.7 Å². The summed E-state index contributed by atoms with van der Waals surface area (Å²) in [4.78, 5) is 3.87. The second-order valence-corrected chi connectivity index (χ2v) is 7.06. The SMILES string of the molecule is NC(=S)c1ncccc1S(=O)(=O)NCCOC1CCCC1. The number of sulfonamides is 1. The average Bonchev–Trinajstić information content (AvgIpc) is 2.97. The van der Waals surface area contributed by atoms with E-state index in [9.17, 15) is 8.42 Å². The summed E-state index contributed by atoms with van der Waals surface area (Å²) >= 11 is 4.82. The molecule has 0 unspecified atom stereocenters. The molecule has 0 aliphatic heterocycles. The van der Waals surface area contributed by atoms with Gasteiger partial charge in [-0.3, -0.25) is 4.98 Å². The topological polar surface area (TPSA) is 94.3 Å². The second-order valence-electron chi connectivity index (χ2n) is 4.89. The molecule has 1 saturated carbocycles. The molecule has 0 saturated heterocycles. The number of rotatable bonds is 7. The maximum atomic E-state index is 12.2. The Labute approximate surface area is 130 Å². The smallest absolute Gasteiger partial charge is 0.242 e. The van der Waals surface area contributed by atoms with Gasteiger partial charge in [0, 0.05) is 12.7 Å². The van der Waals surface area contributed by atoms with Gasteiger partial charge >= 0.3 is 0 Å². The lowest BCUT2D eigenvalue weighted by Gasteiger charge is -2.12. The molecule has 6 nitrogen and oxygen atoms in total. The number of aromatic nitrogens is 1. The van der Waals surface area contributed by atoms with Crippen LogP contribution >= 0.6 is 12.2 Å². The van der Waals surface area contributed by atoms with Crippen LogP contribution in [0.25, 0.3) is 0 Å². The molecule has 1 aromatic heterocycles. The molecule has 116 valence electrons. The minimum atomic E-state index is -3.69. The molecule has 1 fully saturated rings. The fourth-order valence-corrected chi connectivity index (χ4v) is 3.74. The highest BCUT2D eigenvalue weighted by Gasteiger charge is 2.20. The lowest BCUT2D eigenvalue weighted by Crippen LogP contribution is -2.30. The van der Waals surface area contributed by atoms with Crippen LogP contribution in [0.1, 0.15) is 31.4 Å². The van der Waals surface area contributed by atoms with Crippen molar-refractivity contribution in [2.45, 2.75) is 36.7 Å². The normalized spacial score (nSPS) is 16.2. The molecule has 1 aliphatic carbocycles. The Morgan fingerprint density at radius 1 is 1.48 bits per heavy atom. The second kappa shape index (κ2) is 7.26. The van der Waals surface area contributed by atoms with Crippen molar-refractivity contribution in [3.8, 4) is 0 Å². The zero-order valence-corrected chi connectivity index (χ0v) is 13.3. The highest BCUT2D eigenvalue weighted by Crippen LogP contribution is 2.20. The molecule has 2 rings (SSSR count). The highest BCUT2D eigenvalue weighted by molar-refractivity contribution is 7.89. The average molecular weight is 329 g/mol. The zero-order chi connectivity index (χ0) is 15.3. The number of pyridine rings is 1.